The second-order valence-corrected chi connectivity index (χ2v) is 17.6. The van der Waals surface area contributed by atoms with Crippen molar-refractivity contribution in [2.45, 2.75) is 222 Å². The molecule has 14 heteroatoms. The maximum absolute atomic E-state index is 13.1. The molecule has 2 rings (SSSR count). The third-order valence-electron chi connectivity index (χ3n) is 11.9. The fourth-order valence-electron chi connectivity index (χ4n) is 7.74. The van der Waals surface area contributed by atoms with Gasteiger partial charge in [0.1, 0.15) is 48.8 Å². The number of aliphatic hydroxyl groups excluding tert-OH is 8. The van der Waals surface area contributed by atoms with Crippen molar-refractivity contribution in [2.75, 3.05) is 19.8 Å². The van der Waals surface area contributed by atoms with E-state index < -0.39 is 86.8 Å². The second kappa shape index (κ2) is 39.0. The van der Waals surface area contributed by atoms with Gasteiger partial charge in [0.15, 0.2) is 12.6 Å². The smallest absolute Gasteiger partial charge is 0.220 e. The van der Waals surface area contributed by atoms with Crippen LogP contribution in [0, 0.1) is 0 Å². The Labute approximate surface area is 401 Å². The van der Waals surface area contributed by atoms with Gasteiger partial charge in [0.05, 0.1) is 32.0 Å². The van der Waals surface area contributed by atoms with Crippen molar-refractivity contribution in [1.29, 1.82) is 0 Å². The Morgan fingerprint density at radius 1 is 0.552 bits per heavy atom. The molecule has 2 aliphatic heterocycles. The van der Waals surface area contributed by atoms with Crippen LogP contribution in [0.5, 0.6) is 0 Å². The minimum Gasteiger partial charge on any atom is -0.394 e. The van der Waals surface area contributed by atoms with Crippen molar-refractivity contribution in [3.63, 3.8) is 0 Å². The van der Waals surface area contributed by atoms with E-state index in [-0.39, 0.29) is 18.9 Å². The summed E-state index contributed by atoms with van der Waals surface area (Å²) in [5, 5.41) is 86.2. The van der Waals surface area contributed by atoms with Gasteiger partial charge >= 0.3 is 0 Å². The standard InChI is InChI=1S/C53H89NO13/c1-3-5-7-9-10-11-12-13-14-15-16-17-18-19-20-21-22-23-24-25-26-27-28-29-30-31-32-33-35-37-45(58)54-41(42(57)36-34-8-6-4-2)40-64-52-50(63)48(61)51(44(39-56)66-52)67-53-49(62)47(60)46(59)43(38-55)65-53/h5,7,10-11,13-14,16-17,19-20,22-23,25-26,41-44,46-53,55-57,59-63H,3-4,6,8-9,12,15,18,21,24,27-40H2,1-2H3,(H,54,58)/b7-5-,11-10-,14-13-,17-16-,20-19-,23-22-,26-25-. The minimum atomic E-state index is -1.78. The zero-order valence-corrected chi connectivity index (χ0v) is 40.6. The Morgan fingerprint density at radius 3 is 1.57 bits per heavy atom. The molecule has 0 bridgehead atoms. The number of carbonyl (C=O) groups is 1. The summed E-state index contributed by atoms with van der Waals surface area (Å²) in [5.41, 5.74) is 0. The minimum absolute atomic E-state index is 0.233. The van der Waals surface area contributed by atoms with Crippen molar-refractivity contribution in [2.24, 2.45) is 0 Å². The molecule has 0 saturated carbocycles. The maximum atomic E-state index is 13.1. The number of unbranched alkanes of at least 4 members (excludes halogenated alkanes) is 10. The summed E-state index contributed by atoms with van der Waals surface area (Å²) in [5.74, 6) is -0.233. The van der Waals surface area contributed by atoms with Crippen LogP contribution in [0.2, 0.25) is 0 Å². The molecule has 0 aromatic heterocycles. The van der Waals surface area contributed by atoms with Gasteiger partial charge in [-0.3, -0.25) is 4.79 Å². The van der Waals surface area contributed by atoms with E-state index in [1.807, 2.05) is 0 Å². The summed E-state index contributed by atoms with van der Waals surface area (Å²) >= 11 is 0. The topological polar surface area (TPSA) is 228 Å². The first kappa shape index (κ1) is 60.3. The highest BCUT2D eigenvalue weighted by Crippen LogP contribution is 2.30. The van der Waals surface area contributed by atoms with E-state index in [1.165, 1.54) is 6.42 Å². The normalized spacial score (nSPS) is 27.3. The number of allylic oxidation sites excluding steroid dienone is 14. The number of aliphatic hydroxyl groups is 8. The molecule has 2 aliphatic rings. The van der Waals surface area contributed by atoms with Crippen LogP contribution < -0.4 is 5.32 Å². The number of nitrogens with one attached hydrogen (secondary N) is 1. The number of amides is 1. The van der Waals surface area contributed by atoms with E-state index >= 15 is 0 Å². The highest BCUT2D eigenvalue weighted by molar-refractivity contribution is 5.76. The van der Waals surface area contributed by atoms with Crippen LogP contribution >= 0.6 is 0 Å². The molecule has 384 valence electrons. The molecule has 9 N–H and O–H groups in total. The lowest BCUT2D eigenvalue weighted by molar-refractivity contribution is -0.359. The van der Waals surface area contributed by atoms with Gasteiger partial charge in [-0.05, 0) is 70.6 Å². The molecule has 0 aromatic rings. The zero-order chi connectivity index (χ0) is 48.9. The predicted octanol–water partition coefficient (Wildman–Crippen LogP) is 6.60. The molecule has 0 aromatic carbocycles. The SMILES string of the molecule is CC/C=C\C/C=C\C/C=C\C/C=C\C/C=C\C/C=C\C/C=C\CCCCCCCCCC(=O)NC(COC1OC(CO)C(OC2OC(CO)C(O)C(O)C2O)C(O)C1O)C(O)CCCCCC. The van der Waals surface area contributed by atoms with Crippen LogP contribution in [0.3, 0.4) is 0 Å². The lowest BCUT2D eigenvalue weighted by Gasteiger charge is -2.46. The van der Waals surface area contributed by atoms with Gasteiger partial charge < -0.3 is 65.1 Å². The van der Waals surface area contributed by atoms with Crippen LogP contribution in [0.1, 0.15) is 149 Å². The number of rotatable bonds is 37. The van der Waals surface area contributed by atoms with E-state index in [4.69, 9.17) is 18.9 Å². The molecule has 1 amide bonds. The van der Waals surface area contributed by atoms with Gasteiger partial charge in [0.2, 0.25) is 5.91 Å². The van der Waals surface area contributed by atoms with Gasteiger partial charge in [-0.1, -0.05) is 157 Å². The monoisotopic (exact) mass is 948 g/mol. The van der Waals surface area contributed by atoms with E-state index in [1.54, 1.807) is 0 Å². The summed E-state index contributed by atoms with van der Waals surface area (Å²) in [6.45, 7) is 2.56. The molecule has 0 spiro atoms. The molecule has 14 nitrogen and oxygen atoms in total. The first-order valence-corrected chi connectivity index (χ1v) is 25.3. The quantitative estimate of drug-likeness (QED) is 0.0237. The Hall–Kier alpha value is -2.83. The van der Waals surface area contributed by atoms with Gasteiger partial charge in [-0.2, -0.15) is 0 Å². The zero-order valence-electron chi connectivity index (χ0n) is 40.6. The second-order valence-electron chi connectivity index (χ2n) is 17.6. The van der Waals surface area contributed by atoms with Gasteiger partial charge in [-0.25, -0.2) is 0 Å². The number of hydrogen-bond acceptors (Lipinski definition) is 13. The van der Waals surface area contributed by atoms with Crippen molar-refractivity contribution >= 4 is 5.91 Å². The molecule has 0 radical (unpaired) electrons. The van der Waals surface area contributed by atoms with E-state index in [0.29, 0.717) is 12.8 Å². The van der Waals surface area contributed by atoms with Crippen LogP contribution in [0.25, 0.3) is 0 Å². The summed E-state index contributed by atoms with van der Waals surface area (Å²) in [6, 6.07) is -0.836. The fraction of sp³-hybridized carbons (Fsp3) is 0.717. The molecular weight excluding hydrogens is 859 g/mol. The van der Waals surface area contributed by atoms with Crippen molar-refractivity contribution in [3.05, 3.63) is 85.1 Å². The molecule has 12 atom stereocenters. The van der Waals surface area contributed by atoms with Gasteiger partial charge in [-0.15, -0.1) is 0 Å². The molecule has 2 saturated heterocycles. The summed E-state index contributed by atoms with van der Waals surface area (Å²) in [7, 11) is 0. The Balaban J connectivity index is 1.63. The van der Waals surface area contributed by atoms with Crippen molar-refractivity contribution < 1.29 is 64.6 Å². The molecule has 67 heavy (non-hydrogen) atoms. The fourth-order valence-corrected chi connectivity index (χ4v) is 7.74. The molecule has 12 unspecified atom stereocenters. The third kappa shape index (κ3) is 26.1. The first-order valence-electron chi connectivity index (χ1n) is 25.3. The van der Waals surface area contributed by atoms with Crippen LogP contribution in [0.15, 0.2) is 85.1 Å². The highest BCUT2D eigenvalue weighted by Gasteiger charge is 2.51. The Kier molecular flexibility index (Phi) is 35.1. The first-order chi connectivity index (χ1) is 32.6. The average Bonchev–Trinajstić information content (AvgIpc) is 3.33. The van der Waals surface area contributed by atoms with E-state index in [2.05, 4.69) is 104 Å². The van der Waals surface area contributed by atoms with Crippen LogP contribution in [0.4, 0.5) is 0 Å². The van der Waals surface area contributed by atoms with E-state index in [9.17, 15) is 45.6 Å². The molecule has 2 heterocycles. The predicted molar refractivity (Wildman–Crippen MR) is 263 cm³/mol. The molecule has 2 fully saturated rings. The van der Waals surface area contributed by atoms with Gasteiger partial charge in [0, 0.05) is 6.42 Å². The van der Waals surface area contributed by atoms with Crippen molar-refractivity contribution in [1.82, 2.24) is 5.32 Å². The number of ether oxygens (including phenoxy) is 4. The Bertz CT molecular complexity index is 1450. The largest absolute Gasteiger partial charge is 0.394 e. The number of carbonyl (C=O) groups excluding carboxylic acids is 1. The van der Waals surface area contributed by atoms with Gasteiger partial charge in [0.25, 0.3) is 0 Å². The van der Waals surface area contributed by atoms with Crippen LogP contribution in [-0.4, -0.2) is 140 Å². The maximum Gasteiger partial charge on any atom is 0.220 e. The summed E-state index contributed by atoms with van der Waals surface area (Å²) in [6.07, 6.45) is 33.9. The molecular formula is C53H89NO13. The molecule has 0 aliphatic carbocycles. The lowest BCUT2D eigenvalue weighted by atomic mass is 9.97. The Morgan fingerprint density at radius 2 is 1.03 bits per heavy atom. The average molecular weight is 948 g/mol. The summed E-state index contributed by atoms with van der Waals surface area (Å²) in [4.78, 5) is 13.1. The lowest BCUT2D eigenvalue weighted by Crippen LogP contribution is -2.65. The van der Waals surface area contributed by atoms with E-state index in [0.717, 1.165) is 109 Å². The van der Waals surface area contributed by atoms with Crippen molar-refractivity contribution in [3.8, 4) is 0 Å². The summed E-state index contributed by atoms with van der Waals surface area (Å²) < 4.78 is 22.6. The van der Waals surface area contributed by atoms with Crippen LogP contribution in [-0.2, 0) is 23.7 Å². The number of hydrogen-bond donors (Lipinski definition) is 9. The highest BCUT2D eigenvalue weighted by atomic mass is 16.7. The third-order valence-corrected chi connectivity index (χ3v) is 11.9.